The average Bonchev–Trinajstić information content (AvgIpc) is 3.42. The van der Waals surface area contributed by atoms with Crippen LogP contribution >= 0.6 is 11.8 Å². The molecule has 0 radical (unpaired) electrons. The number of amides is 2. The van der Waals surface area contributed by atoms with Gasteiger partial charge in [0.05, 0.1) is 25.1 Å². The van der Waals surface area contributed by atoms with Crippen LogP contribution in [0, 0.1) is 0 Å². The smallest absolute Gasteiger partial charge is 0.416 e. The molecule has 138 valence electrons. The van der Waals surface area contributed by atoms with E-state index >= 15 is 0 Å². The Labute approximate surface area is 159 Å². The highest BCUT2D eigenvalue weighted by molar-refractivity contribution is 7.99. The minimum absolute atomic E-state index is 0.0696. The summed E-state index contributed by atoms with van der Waals surface area (Å²) in [6.45, 7) is 1.06. The van der Waals surface area contributed by atoms with Crippen molar-refractivity contribution < 1.29 is 18.7 Å². The van der Waals surface area contributed by atoms with E-state index in [1.807, 2.05) is 41.0 Å². The molecule has 1 aliphatic heterocycles. The number of thioether (sulfide) groups is 1. The predicted molar refractivity (Wildman–Crippen MR) is 97.1 cm³/mol. The van der Waals surface area contributed by atoms with Crippen molar-refractivity contribution in [2.24, 2.45) is 0 Å². The molecule has 0 aliphatic carbocycles. The van der Waals surface area contributed by atoms with E-state index in [1.165, 1.54) is 11.8 Å². The monoisotopic (exact) mass is 384 g/mol. The summed E-state index contributed by atoms with van der Waals surface area (Å²) in [5, 5.41) is 9.02. The van der Waals surface area contributed by atoms with Crippen molar-refractivity contribution in [1.82, 2.24) is 19.7 Å². The Morgan fingerprint density at radius 1 is 1.15 bits per heavy atom. The molecule has 3 aromatic rings. The summed E-state index contributed by atoms with van der Waals surface area (Å²) in [6.07, 6.45) is 0.981. The molecule has 1 aliphatic rings. The van der Waals surface area contributed by atoms with Gasteiger partial charge in [-0.2, -0.15) is 0 Å². The van der Waals surface area contributed by atoms with Gasteiger partial charge in [0.15, 0.2) is 10.9 Å². The van der Waals surface area contributed by atoms with E-state index in [-0.39, 0.29) is 24.8 Å². The maximum absolute atomic E-state index is 12.3. The summed E-state index contributed by atoms with van der Waals surface area (Å²) < 4.78 is 12.2. The molecular weight excluding hydrogens is 368 g/mol. The molecule has 0 unspecified atom stereocenters. The van der Waals surface area contributed by atoms with Crippen LogP contribution in [0.15, 0.2) is 58.3 Å². The number of rotatable bonds is 6. The van der Waals surface area contributed by atoms with Crippen LogP contribution in [-0.4, -0.2) is 50.6 Å². The largest absolute Gasteiger partial charge is 0.461 e. The summed E-state index contributed by atoms with van der Waals surface area (Å²) in [4.78, 5) is 24.9. The van der Waals surface area contributed by atoms with Gasteiger partial charge in [0.2, 0.25) is 11.7 Å². The zero-order valence-corrected chi connectivity index (χ0v) is 15.1. The third kappa shape index (κ3) is 3.72. The van der Waals surface area contributed by atoms with Crippen molar-refractivity contribution >= 4 is 23.8 Å². The van der Waals surface area contributed by atoms with Gasteiger partial charge in [-0.05, 0) is 17.7 Å². The molecule has 2 aromatic heterocycles. The molecule has 2 amide bonds. The van der Waals surface area contributed by atoms with Crippen LogP contribution < -0.4 is 0 Å². The van der Waals surface area contributed by atoms with Gasteiger partial charge in [0.1, 0.15) is 6.61 Å². The molecule has 8 nitrogen and oxygen atoms in total. The standard InChI is InChI=1S/C18H16N4O4S/c23-15(21-8-10-26-18(21)24)12-27-17-20-19-16(14-7-4-9-25-14)22(17)11-13-5-2-1-3-6-13/h1-7,9H,8,10-12H2. The molecule has 0 saturated carbocycles. The maximum Gasteiger partial charge on any atom is 0.416 e. The number of furan rings is 1. The Bertz CT molecular complexity index is 940. The summed E-state index contributed by atoms with van der Waals surface area (Å²) in [5.74, 6) is 0.940. The van der Waals surface area contributed by atoms with Crippen molar-refractivity contribution in [1.29, 1.82) is 0 Å². The minimum atomic E-state index is -0.595. The van der Waals surface area contributed by atoms with Gasteiger partial charge < -0.3 is 9.15 Å². The van der Waals surface area contributed by atoms with Gasteiger partial charge in [-0.25, -0.2) is 9.69 Å². The number of hydrogen-bond donors (Lipinski definition) is 0. The number of nitrogens with zero attached hydrogens (tertiary/aromatic N) is 4. The molecule has 0 bridgehead atoms. The van der Waals surface area contributed by atoms with Crippen LogP contribution in [0.4, 0.5) is 4.79 Å². The fraction of sp³-hybridized carbons (Fsp3) is 0.222. The van der Waals surface area contributed by atoms with E-state index in [1.54, 1.807) is 12.3 Å². The topological polar surface area (TPSA) is 90.5 Å². The molecule has 1 aromatic carbocycles. The number of cyclic esters (lactones) is 1. The van der Waals surface area contributed by atoms with Gasteiger partial charge in [-0.3, -0.25) is 9.36 Å². The van der Waals surface area contributed by atoms with E-state index in [0.29, 0.717) is 23.3 Å². The van der Waals surface area contributed by atoms with E-state index in [4.69, 9.17) is 9.15 Å². The Morgan fingerprint density at radius 3 is 2.70 bits per heavy atom. The average molecular weight is 384 g/mol. The Balaban J connectivity index is 1.56. The number of carbonyl (C=O) groups excluding carboxylic acids is 2. The molecule has 0 atom stereocenters. The highest BCUT2D eigenvalue weighted by atomic mass is 32.2. The number of ether oxygens (including phenoxy) is 1. The summed E-state index contributed by atoms with van der Waals surface area (Å²) in [5.41, 5.74) is 1.07. The Hall–Kier alpha value is -3.07. The first kappa shape index (κ1) is 17.3. The lowest BCUT2D eigenvalue weighted by atomic mass is 10.2. The fourth-order valence-electron chi connectivity index (χ4n) is 2.72. The van der Waals surface area contributed by atoms with Crippen LogP contribution in [0.1, 0.15) is 5.56 Å². The summed E-state index contributed by atoms with van der Waals surface area (Å²) in [6, 6.07) is 13.5. The SMILES string of the molecule is O=C(CSc1nnc(-c2ccco2)n1Cc1ccccc1)N1CCOC1=O. The lowest BCUT2D eigenvalue weighted by molar-refractivity contribution is -0.125. The number of aromatic nitrogens is 3. The summed E-state index contributed by atoms with van der Waals surface area (Å²) >= 11 is 1.23. The van der Waals surface area contributed by atoms with E-state index < -0.39 is 6.09 Å². The first-order chi connectivity index (χ1) is 13.2. The van der Waals surface area contributed by atoms with Gasteiger partial charge >= 0.3 is 6.09 Å². The highest BCUT2D eigenvalue weighted by Crippen LogP contribution is 2.26. The van der Waals surface area contributed by atoms with Crippen molar-refractivity contribution in [3.05, 3.63) is 54.3 Å². The molecule has 9 heteroatoms. The number of imide groups is 1. The quantitative estimate of drug-likeness (QED) is 0.604. The molecule has 3 heterocycles. The van der Waals surface area contributed by atoms with Crippen LogP contribution in [0.5, 0.6) is 0 Å². The predicted octanol–water partition coefficient (Wildman–Crippen LogP) is 2.66. The zero-order chi connectivity index (χ0) is 18.6. The van der Waals surface area contributed by atoms with Crippen LogP contribution in [0.3, 0.4) is 0 Å². The van der Waals surface area contributed by atoms with E-state index in [0.717, 1.165) is 10.5 Å². The van der Waals surface area contributed by atoms with Crippen LogP contribution in [0.2, 0.25) is 0 Å². The van der Waals surface area contributed by atoms with Gasteiger partial charge in [0, 0.05) is 0 Å². The lowest BCUT2D eigenvalue weighted by Crippen LogP contribution is -2.33. The third-order valence-electron chi connectivity index (χ3n) is 4.03. The molecule has 0 N–H and O–H groups in total. The molecule has 1 fully saturated rings. The number of carbonyl (C=O) groups is 2. The lowest BCUT2D eigenvalue weighted by Gasteiger charge is -2.11. The molecule has 1 saturated heterocycles. The fourth-order valence-corrected chi connectivity index (χ4v) is 3.53. The normalized spacial score (nSPS) is 13.8. The number of benzene rings is 1. The van der Waals surface area contributed by atoms with Gasteiger partial charge in [-0.15, -0.1) is 10.2 Å². The van der Waals surface area contributed by atoms with Crippen LogP contribution in [0.25, 0.3) is 11.6 Å². The first-order valence-corrected chi connectivity index (χ1v) is 9.32. The van der Waals surface area contributed by atoms with Crippen LogP contribution in [-0.2, 0) is 16.1 Å². The molecule has 27 heavy (non-hydrogen) atoms. The number of hydrogen-bond acceptors (Lipinski definition) is 7. The molecule has 4 rings (SSSR count). The minimum Gasteiger partial charge on any atom is -0.461 e. The van der Waals surface area contributed by atoms with Gasteiger partial charge in [0.25, 0.3) is 0 Å². The Morgan fingerprint density at radius 2 is 2.00 bits per heavy atom. The molecular formula is C18H16N4O4S. The van der Waals surface area contributed by atoms with E-state index in [2.05, 4.69) is 10.2 Å². The van der Waals surface area contributed by atoms with Crippen molar-refractivity contribution in [3.8, 4) is 11.6 Å². The second kappa shape index (κ2) is 7.67. The Kier molecular flexibility index (Phi) is 4.93. The molecule has 0 spiro atoms. The zero-order valence-electron chi connectivity index (χ0n) is 14.3. The second-order valence-electron chi connectivity index (χ2n) is 5.80. The van der Waals surface area contributed by atoms with Gasteiger partial charge in [-0.1, -0.05) is 42.1 Å². The second-order valence-corrected chi connectivity index (χ2v) is 6.75. The first-order valence-electron chi connectivity index (χ1n) is 8.33. The van der Waals surface area contributed by atoms with Crippen molar-refractivity contribution in [2.45, 2.75) is 11.7 Å². The highest BCUT2D eigenvalue weighted by Gasteiger charge is 2.28. The van der Waals surface area contributed by atoms with E-state index in [9.17, 15) is 9.59 Å². The van der Waals surface area contributed by atoms with Crippen molar-refractivity contribution in [3.63, 3.8) is 0 Å². The summed E-state index contributed by atoms with van der Waals surface area (Å²) in [7, 11) is 0. The van der Waals surface area contributed by atoms with Crippen molar-refractivity contribution in [2.75, 3.05) is 18.9 Å². The maximum atomic E-state index is 12.3. The third-order valence-corrected chi connectivity index (χ3v) is 4.98.